The molecule has 0 radical (unpaired) electrons. The molecule has 0 saturated carbocycles. The molecule has 0 aromatic carbocycles. The van der Waals surface area contributed by atoms with Crippen LogP contribution in [0.25, 0.3) is 0 Å². The molecule has 0 aliphatic carbocycles. The van der Waals surface area contributed by atoms with Gasteiger partial charge in [-0.3, -0.25) is 0 Å². The van der Waals surface area contributed by atoms with Crippen molar-refractivity contribution in [1.29, 1.82) is 0 Å². The summed E-state index contributed by atoms with van der Waals surface area (Å²) < 4.78 is 4.75. The molecule has 0 heterocycles. The lowest BCUT2D eigenvalue weighted by Gasteiger charge is -2.04. The Balaban J connectivity index is 2.87. The van der Waals surface area contributed by atoms with Crippen LogP contribution in [0.1, 0.15) is 64.7 Å². The average molecular weight is 234 g/mol. The van der Waals surface area contributed by atoms with Gasteiger partial charge in [0.25, 0.3) is 0 Å². The summed E-state index contributed by atoms with van der Waals surface area (Å²) >= 11 is 0. The maximum Gasteiger partial charge on any atom is 0.478 e. The van der Waals surface area contributed by atoms with Crippen molar-refractivity contribution in [3.05, 3.63) is 0 Å². The third-order valence-corrected chi connectivity index (χ3v) is 3.05. The van der Waals surface area contributed by atoms with E-state index in [1.54, 1.807) is 0 Å². The maximum atomic E-state index is 8.55. The van der Waals surface area contributed by atoms with Gasteiger partial charge in [0.05, 0.1) is 0 Å². The molecule has 0 bridgehead atoms. The minimum absolute atomic E-state index is 0.514. The third kappa shape index (κ3) is 14.1. The highest BCUT2D eigenvalue weighted by Gasteiger charge is 2.00. The predicted octanol–water partition coefficient (Wildman–Crippen LogP) is 2.24. The van der Waals surface area contributed by atoms with Crippen LogP contribution in [-0.2, 0) is 4.43 Å². The molecule has 0 amide bonds. The monoisotopic (exact) mass is 234 g/mol. The molecule has 92 valence electrons. The lowest BCUT2D eigenvalue weighted by molar-refractivity contribution is 0.182. The van der Waals surface area contributed by atoms with E-state index in [0.717, 1.165) is 12.8 Å². The molecule has 0 unspecified atom stereocenters. The second-order valence-corrected chi connectivity index (χ2v) is 5.01. The average Bonchev–Trinajstić information content (AvgIpc) is 2.20. The first kappa shape index (κ1) is 15.1. The smallest absolute Gasteiger partial charge is 0.392 e. The van der Waals surface area contributed by atoms with E-state index in [4.69, 9.17) is 14.0 Å². The molecule has 0 fully saturated rings. The standard InChI is InChI=1S/C11H26O3Si/c1-2-3-4-5-6-7-8-9-10-11-14-15(12)13/h12-13,15H,2-11H2,1H3. The fourth-order valence-electron chi connectivity index (χ4n) is 1.60. The Labute approximate surface area is 95.4 Å². The second kappa shape index (κ2) is 12.2. The van der Waals surface area contributed by atoms with Crippen LogP contribution >= 0.6 is 0 Å². The summed E-state index contributed by atoms with van der Waals surface area (Å²) in [5.74, 6) is 0. The molecular formula is C11H26O3Si. The summed E-state index contributed by atoms with van der Waals surface area (Å²) in [6, 6.07) is 0. The number of hydrogen-bond donors (Lipinski definition) is 2. The van der Waals surface area contributed by atoms with E-state index in [0.29, 0.717) is 6.61 Å². The molecule has 0 atom stereocenters. The molecule has 0 spiro atoms. The largest absolute Gasteiger partial charge is 0.478 e. The molecule has 0 aromatic heterocycles. The van der Waals surface area contributed by atoms with E-state index in [1.807, 2.05) is 0 Å². The van der Waals surface area contributed by atoms with Gasteiger partial charge in [-0.15, -0.1) is 0 Å². The molecule has 15 heavy (non-hydrogen) atoms. The van der Waals surface area contributed by atoms with E-state index in [1.165, 1.54) is 44.9 Å². The Morgan fingerprint density at radius 1 is 0.800 bits per heavy atom. The molecule has 0 rings (SSSR count). The summed E-state index contributed by atoms with van der Waals surface area (Å²) in [4.78, 5) is 17.1. The predicted molar refractivity (Wildman–Crippen MR) is 64.8 cm³/mol. The first-order chi connectivity index (χ1) is 7.27. The zero-order chi connectivity index (χ0) is 11.4. The lowest BCUT2D eigenvalue weighted by atomic mass is 10.1. The highest BCUT2D eigenvalue weighted by molar-refractivity contribution is 6.32. The summed E-state index contributed by atoms with van der Waals surface area (Å²) in [6.45, 7) is 2.75. The zero-order valence-electron chi connectivity index (χ0n) is 9.95. The minimum Gasteiger partial charge on any atom is -0.392 e. The van der Waals surface area contributed by atoms with Crippen LogP contribution in [0.15, 0.2) is 0 Å². The Morgan fingerprint density at radius 3 is 1.73 bits per heavy atom. The van der Waals surface area contributed by atoms with Gasteiger partial charge in [-0.05, 0) is 6.42 Å². The molecule has 0 saturated heterocycles. The normalized spacial score (nSPS) is 11.2. The summed E-state index contributed by atoms with van der Waals surface area (Å²) in [5.41, 5.74) is 0. The molecule has 0 aliphatic rings. The van der Waals surface area contributed by atoms with Crippen LogP contribution in [0.4, 0.5) is 0 Å². The zero-order valence-corrected chi connectivity index (χ0v) is 11.1. The van der Waals surface area contributed by atoms with Crippen LogP contribution in [-0.4, -0.2) is 25.7 Å². The molecule has 2 N–H and O–H groups in total. The molecular weight excluding hydrogens is 208 g/mol. The Hall–Kier alpha value is 0.0969. The topological polar surface area (TPSA) is 49.7 Å². The Morgan fingerprint density at radius 2 is 1.27 bits per heavy atom. The van der Waals surface area contributed by atoms with Gasteiger partial charge in [-0.2, -0.15) is 0 Å². The van der Waals surface area contributed by atoms with Gasteiger partial charge in [0.15, 0.2) is 0 Å². The number of hydrogen-bond acceptors (Lipinski definition) is 3. The van der Waals surface area contributed by atoms with Crippen LogP contribution in [0.5, 0.6) is 0 Å². The van der Waals surface area contributed by atoms with E-state index in [9.17, 15) is 0 Å². The minimum atomic E-state index is -2.75. The van der Waals surface area contributed by atoms with Crippen molar-refractivity contribution >= 4 is 9.53 Å². The fraction of sp³-hybridized carbons (Fsp3) is 1.00. The van der Waals surface area contributed by atoms with E-state index in [-0.39, 0.29) is 0 Å². The SMILES string of the molecule is CCCCCCCCCCCO[SiH](O)O. The fourth-order valence-corrected chi connectivity index (χ4v) is 1.98. The first-order valence-corrected chi connectivity index (χ1v) is 7.75. The van der Waals surface area contributed by atoms with Crippen LogP contribution in [0, 0.1) is 0 Å². The summed E-state index contributed by atoms with van der Waals surface area (Å²) in [7, 11) is -2.75. The number of rotatable bonds is 11. The van der Waals surface area contributed by atoms with Crippen molar-refractivity contribution in [2.75, 3.05) is 6.61 Å². The second-order valence-electron chi connectivity index (χ2n) is 4.03. The molecule has 0 aromatic rings. The maximum absolute atomic E-state index is 8.55. The van der Waals surface area contributed by atoms with Gasteiger partial charge in [-0.25, -0.2) is 0 Å². The van der Waals surface area contributed by atoms with Gasteiger partial charge in [-0.1, -0.05) is 58.3 Å². The quantitative estimate of drug-likeness (QED) is 0.426. The van der Waals surface area contributed by atoms with Gasteiger partial charge >= 0.3 is 9.53 Å². The van der Waals surface area contributed by atoms with E-state index >= 15 is 0 Å². The van der Waals surface area contributed by atoms with Crippen molar-refractivity contribution in [3.63, 3.8) is 0 Å². The summed E-state index contributed by atoms with van der Waals surface area (Å²) in [6.07, 6.45) is 11.4. The van der Waals surface area contributed by atoms with Crippen molar-refractivity contribution in [2.45, 2.75) is 64.7 Å². The highest BCUT2D eigenvalue weighted by atomic mass is 28.3. The van der Waals surface area contributed by atoms with Gasteiger partial charge in [0, 0.05) is 6.61 Å². The van der Waals surface area contributed by atoms with Crippen LogP contribution in [0.3, 0.4) is 0 Å². The number of unbranched alkanes of at least 4 members (excludes halogenated alkanes) is 8. The Kier molecular flexibility index (Phi) is 12.2. The van der Waals surface area contributed by atoms with Crippen molar-refractivity contribution in [2.24, 2.45) is 0 Å². The van der Waals surface area contributed by atoms with Gasteiger partial charge in [0.2, 0.25) is 0 Å². The van der Waals surface area contributed by atoms with Crippen molar-refractivity contribution < 1.29 is 14.0 Å². The highest BCUT2D eigenvalue weighted by Crippen LogP contribution is 2.09. The summed E-state index contributed by atoms with van der Waals surface area (Å²) in [5, 5.41) is 0. The Bertz CT molecular complexity index is 120. The van der Waals surface area contributed by atoms with Crippen LogP contribution in [0.2, 0.25) is 0 Å². The third-order valence-electron chi connectivity index (χ3n) is 2.51. The van der Waals surface area contributed by atoms with E-state index < -0.39 is 9.53 Å². The van der Waals surface area contributed by atoms with E-state index in [2.05, 4.69) is 6.92 Å². The van der Waals surface area contributed by atoms with Gasteiger partial charge in [0.1, 0.15) is 0 Å². The van der Waals surface area contributed by atoms with Crippen molar-refractivity contribution in [3.8, 4) is 0 Å². The molecule has 4 heteroatoms. The van der Waals surface area contributed by atoms with Crippen molar-refractivity contribution in [1.82, 2.24) is 0 Å². The van der Waals surface area contributed by atoms with Crippen LogP contribution < -0.4 is 0 Å². The lowest BCUT2D eigenvalue weighted by Crippen LogP contribution is -2.17. The first-order valence-electron chi connectivity index (χ1n) is 6.25. The molecule has 0 aliphatic heterocycles. The molecule has 3 nitrogen and oxygen atoms in total. The van der Waals surface area contributed by atoms with Gasteiger partial charge < -0.3 is 14.0 Å².